The number of allylic oxidation sites excluding steroid dienone is 1. The van der Waals surface area contributed by atoms with E-state index in [4.69, 9.17) is 15.3 Å². The Labute approximate surface area is 139 Å². The van der Waals surface area contributed by atoms with E-state index in [2.05, 4.69) is 4.98 Å². The predicted molar refractivity (Wildman–Crippen MR) is 92.3 cm³/mol. The summed E-state index contributed by atoms with van der Waals surface area (Å²) in [6.45, 7) is 0. The predicted octanol–water partition coefficient (Wildman–Crippen LogP) is 4.31. The van der Waals surface area contributed by atoms with Crippen LogP contribution in [-0.2, 0) is 4.74 Å². The highest BCUT2D eigenvalue weighted by Crippen LogP contribution is 2.25. The molecule has 0 saturated heterocycles. The van der Waals surface area contributed by atoms with Crippen LogP contribution in [0.5, 0.6) is 0 Å². The van der Waals surface area contributed by atoms with E-state index < -0.39 is 0 Å². The summed E-state index contributed by atoms with van der Waals surface area (Å²) in [7, 11) is 1.45. The second-order valence-corrected chi connectivity index (χ2v) is 5.10. The van der Waals surface area contributed by atoms with Crippen molar-refractivity contribution in [2.75, 3.05) is 7.11 Å². The molecule has 0 atom stereocenters. The lowest BCUT2D eigenvalue weighted by Gasteiger charge is -2.08. The fraction of sp³-hybridized carbons (Fsp3) is 0.0500. The average molecular weight is 311 g/mol. The summed E-state index contributed by atoms with van der Waals surface area (Å²) < 4.78 is 5.25. The summed E-state index contributed by atoms with van der Waals surface area (Å²) in [5, 5.41) is 19.1. The summed E-state index contributed by atoms with van der Waals surface area (Å²) in [5.74, 6) is 0.258. The zero-order valence-corrected chi connectivity index (χ0v) is 13.0. The van der Waals surface area contributed by atoms with E-state index in [1.54, 1.807) is 0 Å². The fourth-order valence-corrected chi connectivity index (χ4v) is 2.52. The Morgan fingerprint density at radius 2 is 1.67 bits per heavy atom. The fourth-order valence-electron chi connectivity index (χ4n) is 2.52. The first kappa shape index (κ1) is 15.3. The van der Waals surface area contributed by atoms with Gasteiger partial charge in [0, 0.05) is 16.5 Å². The maximum Gasteiger partial charge on any atom is 0.172 e. The van der Waals surface area contributed by atoms with Crippen molar-refractivity contribution in [2.45, 2.75) is 0 Å². The second kappa shape index (κ2) is 6.64. The van der Waals surface area contributed by atoms with Gasteiger partial charge in [0.1, 0.15) is 12.1 Å². The SMILES string of the molecule is COC(=C(C#N)C#N)c1ccc2ccc(-c3ccccc3)nc2c1. The normalized spacial score (nSPS) is 9.79. The van der Waals surface area contributed by atoms with Crippen molar-refractivity contribution in [2.24, 2.45) is 0 Å². The number of benzene rings is 2. The van der Waals surface area contributed by atoms with Gasteiger partial charge in [-0.2, -0.15) is 10.5 Å². The minimum atomic E-state index is -0.0592. The molecule has 0 amide bonds. The number of nitrogens with zero attached hydrogens (tertiary/aromatic N) is 3. The summed E-state index contributed by atoms with van der Waals surface area (Å²) in [5.41, 5.74) is 3.27. The van der Waals surface area contributed by atoms with Gasteiger partial charge in [0.15, 0.2) is 11.3 Å². The van der Waals surface area contributed by atoms with E-state index in [9.17, 15) is 0 Å². The molecule has 0 unspecified atom stereocenters. The van der Waals surface area contributed by atoms with Gasteiger partial charge < -0.3 is 4.74 Å². The minimum absolute atomic E-state index is 0.0592. The number of hydrogen-bond acceptors (Lipinski definition) is 4. The number of methoxy groups -OCH3 is 1. The Hall–Kier alpha value is -3.63. The van der Waals surface area contributed by atoms with Crippen molar-refractivity contribution in [1.82, 2.24) is 4.98 Å². The third kappa shape index (κ3) is 2.82. The summed E-state index contributed by atoms with van der Waals surface area (Å²) in [6, 6.07) is 23.1. The van der Waals surface area contributed by atoms with Crippen LogP contribution in [-0.4, -0.2) is 12.1 Å². The molecule has 3 aromatic rings. The molecule has 24 heavy (non-hydrogen) atoms. The highest BCUT2D eigenvalue weighted by molar-refractivity contribution is 5.85. The van der Waals surface area contributed by atoms with Gasteiger partial charge in [-0.1, -0.05) is 48.5 Å². The standard InChI is InChI=1S/C20H13N3O/c1-24-20(17(12-21)13-22)16-8-7-15-9-10-18(23-19(15)11-16)14-5-3-2-4-6-14/h2-11H,1H3. The molecule has 0 aliphatic rings. The molecular formula is C20H13N3O. The number of hydrogen-bond donors (Lipinski definition) is 0. The maximum absolute atomic E-state index is 9.07. The summed E-state index contributed by atoms with van der Waals surface area (Å²) in [6.07, 6.45) is 0. The smallest absolute Gasteiger partial charge is 0.172 e. The van der Waals surface area contributed by atoms with Crippen LogP contribution in [0.1, 0.15) is 5.56 Å². The van der Waals surface area contributed by atoms with Crippen molar-refractivity contribution in [3.63, 3.8) is 0 Å². The monoisotopic (exact) mass is 311 g/mol. The minimum Gasteiger partial charge on any atom is -0.494 e. The van der Waals surface area contributed by atoms with Crippen LogP contribution in [0.2, 0.25) is 0 Å². The van der Waals surface area contributed by atoms with E-state index in [1.165, 1.54) is 7.11 Å². The number of rotatable bonds is 3. The highest BCUT2D eigenvalue weighted by Gasteiger charge is 2.11. The van der Waals surface area contributed by atoms with E-state index in [1.807, 2.05) is 72.8 Å². The molecule has 0 aliphatic heterocycles. The molecule has 0 saturated carbocycles. The molecule has 2 aromatic carbocycles. The van der Waals surface area contributed by atoms with Crippen LogP contribution in [0.4, 0.5) is 0 Å². The van der Waals surface area contributed by atoms with Gasteiger partial charge in [0.2, 0.25) is 0 Å². The van der Waals surface area contributed by atoms with E-state index in [-0.39, 0.29) is 11.3 Å². The molecule has 0 radical (unpaired) electrons. The summed E-state index contributed by atoms with van der Waals surface area (Å²) >= 11 is 0. The first-order chi connectivity index (χ1) is 11.8. The Kier molecular flexibility index (Phi) is 4.23. The van der Waals surface area contributed by atoms with Crippen molar-refractivity contribution in [3.05, 3.63) is 71.8 Å². The van der Waals surface area contributed by atoms with Gasteiger partial charge in [-0.15, -0.1) is 0 Å². The lowest BCUT2D eigenvalue weighted by atomic mass is 10.1. The molecule has 114 valence electrons. The molecule has 0 bridgehead atoms. The maximum atomic E-state index is 9.07. The lowest BCUT2D eigenvalue weighted by molar-refractivity contribution is 0.369. The molecule has 0 spiro atoms. The topological polar surface area (TPSA) is 69.7 Å². The van der Waals surface area contributed by atoms with Gasteiger partial charge in [-0.25, -0.2) is 4.98 Å². The zero-order valence-electron chi connectivity index (χ0n) is 13.0. The first-order valence-electron chi connectivity index (χ1n) is 7.32. The van der Waals surface area contributed by atoms with Crippen LogP contribution < -0.4 is 0 Å². The summed E-state index contributed by atoms with van der Waals surface area (Å²) in [4.78, 5) is 4.69. The molecule has 0 aliphatic carbocycles. The molecule has 1 aromatic heterocycles. The second-order valence-electron chi connectivity index (χ2n) is 5.10. The van der Waals surface area contributed by atoms with Crippen molar-refractivity contribution in [1.29, 1.82) is 10.5 Å². The van der Waals surface area contributed by atoms with Gasteiger partial charge in [-0.3, -0.25) is 0 Å². The van der Waals surface area contributed by atoms with E-state index in [0.717, 1.165) is 22.2 Å². The van der Waals surface area contributed by atoms with Crippen molar-refractivity contribution in [3.8, 4) is 23.4 Å². The Morgan fingerprint density at radius 1 is 0.958 bits per heavy atom. The molecular weight excluding hydrogens is 298 g/mol. The van der Waals surface area contributed by atoms with E-state index >= 15 is 0 Å². The Balaban J connectivity index is 2.16. The first-order valence-corrected chi connectivity index (χ1v) is 7.32. The molecule has 3 rings (SSSR count). The number of pyridine rings is 1. The zero-order chi connectivity index (χ0) is 16.9. The molecule has 4 heteroatoms. The van der Waals surface area contributed by atoms with Gasteiger partial charge in [0.25, 0.3) is 0 Å². The van der Waals surface area contributed by atoms with Crippen LogP contribution in [0, 0.1) is 22.7 Å². The number of fused-ring (bicyclic) bond motifs is 1. The van der Waals surface area contributed by atoms with Gasteiger partial charge in [0.05, 0.1) is 18.3 Å². The average Bonchev–Trinajstić information content (AvgIpc) is 2.65. The van der Waals surface area contributed by atoms with Crippen molar-refractivity contribution < 1.29 is 4.74 Å². The quantitative estimate of drug-likeness (QED) is 0.534. The van der Waals surface area contributed by atoms with Crippen molar-refractivity contribution >= 4 is 16.7 Å². The lowest BCUT2D eigenvalue weighted by Crippen LogP contribution is -1.93. The highest BCUT2D eigenvalue weighted by atomic mass is 16.5. The van der Waals surface area contributed by atoms with Crippen LogP contribution in [0.3, 0.4) is 0 Å². The van der Waals surface area contributed by atoms with Crippen LogP contribution in [0.15, 0.2) is 66.2 Å². The molecule has 0 fully saturated rings. The molecule has 0 N–H and O–H groups in total. The Morgan fingerprint density at radius 3 is 2.33 bits per heavy atom. The van der Waals surface area contributed by atoms with Gasteiger partial charge in [-0.05, 0) is 12.1 Å². The van der Waals surface area contributed by atoms with Crippen LogP contribution in [0.25, 0.3) is 27.9 Å². The number of aromatic nitrogens is 1. The van der Waals surface area contributed by atoms with Crippen LogP contribution >= 0.6 is 0 Å². The third-order valence-corrected chi connectivity index (χ3v) is 3.68. The third-order valence-electron chi connectivity index (χ3n) is 3.68. The number of ether oxygens (including phenoxy) is 1. The Bertz CT molecular complexity index is 992. The number of nitriles is 2. The van der Waals surface area contributed by atoms with E-state index in [0.29, 0.717) is 5.56 Å². The largest absolute Gasteiger partial charge is 0.494 e. The molecule has 4 nitrogen and oxygen atoms in total. The molecule has 1 heterocycles. The van der Waals surface area contributed by atoms with Gasteiger partial charge >= 0.3 is 0 Å².